The monoisotopic (exact) mass is 488 g/mol. The minimum atomic E-state index is -0.573. The number of thiazole rings is 1. The molecule has 2 N–H and O–H groups in total. The first kappa shape index (κ1) is 24.8. The number of piperidine rings is 1. The Morgan fingerprint density at radius 2 is 1.91 bits per heavy atom. The molecule has 1 aliphatic carbocycles. The van der Waals surface area contributed by atoms with Gasteiger partial charge < -0.3 is 15.2 Å². The average Bonchev–Trinajstić information content (AvgIpc) is 3.39. The average molecular weight is 489 g/mol. The molecule has 186 valence electrons. The molecule has 2 fully saturated rings. The maximum Gasteiger partial charge on any atom is 0.227 e. The van der Waals surface area contributed by atoms with Crippen LogP contribution in [0, 0.1) is 5.92 Å². The van der Waals surface area contributed by atoms with Gasteiger partial charge in [-0.25, -0.2) is 4.98 Å². The van der Waals surface area contributed by atoms with Crippen molar-refractivity contribution in [2.24, 2.45) is 5.92 Å². The van der Waals surface area contributed by atoms with Crippen molar-refractivity contribution in [3.63, 3.8) is 0 Å². The van der Waals surface area contributed by atoms with Crippen LogP contribution in [0.3, 0.4) is 0 Å². The van der Waals surface area contributed by atoms with E-state index in [2.05, 4.69) is 37.6 Å². The number of aromatic nitrogens is 3. The van der Waals surface area contributed by atoms with Gasteiger partial charge in [0.2, 0.25) is 17.7 Å². The highest BCUT2D eigenvalue weighted by molar-refractivity contribution is 7.13. The van der Waals surface area contributed by atoms with Crippen LogP contribution in [-0.2, 0) is 28.1 Å². The highest BCUT2D eigenvalue weighted by Gasteiger charge is 2.38. The van der Waals surface area contributed by atoms with E-state index in [1.165, 1.54) is 31.1 Å². The molecule has 0 radical (unpaired) electrons. The topological polar surface area (TPSA) is 113 Å². The van der Waals surface area contributed by atoms with Gasteiger partial charge in [0, 0.05) is 31.7 Å². The minimum Gasteiger partial charge on any atom is -0.343 e. The Morgan fingerprint density at radius 3 is 2.62 bits per heavy atom. The predicted molar refractivity (Wildman–Crippen MR) is 130 cm³/mol. The van der Waals surface area contributed by atoms with Crippen LogP contribution in [0.15, 0.2) is 9.90 Å². The lowest BCUT2D eigenvalue weighted by molar-refractivity contribution is -0.121. The molecule has 34 heavy (non-hydrogen) atoms. The Hall–Kier alpha value is -2.33. The van der Waals surface area contributed by atoms with Crippen molar-refractivity contribution in [3.8, 4) is 0 Å². The van der Waals surface area contributed by atoms with E-state index in [1.807, 2.05) is 5.38 Å². The molecule has 9 nitrogen and oxygen atoms in total. The second kappa shape index (κ2) is 11.4. The first-order valence-electron chi connectivity index (χ1n) is 12.5. The zero-order valence-corrected chi connectivity index (χ0v) is 21.1. The van der Waals surface area contributed by atoms with Gasteiger partial charge in [-0.2, -0.15) is 4.98 Å². The van der Waals surface area contributed by atoms with E-state index >= 15 is 0 Å². The lowest BCUT2D eigenvalue weighted by Gasteiger charge is -2.30. The van der Waals surface area contributed by atoms with Crippen LogP contribution in [0.1, 0.15) is 89.0 Å². The number of rotatable bonds is 8. The second-order valence-corrected chi connectivity index (χ2v) is 10.7. The third-order valence-corrected chi connectivity index (χ3v) is 7.70. The van der Waals surface area contributed by atoms with Crippen LogP contribution in [0.4, 0.5) is 5.13 Å². The van der Waals surface area contributed by atoms with Crippen LogP contribution in [0.5, 0.6) is 0 Å². The zero-order chi connectivity index (χ0) is 24.0. The molecule has 0 bridgehead atoms. The standard InChI is InChI=1S/C24H36N6O3S/c1-17-9-13-30(14-10-17)15-19-16-34-23(25-19)26-20(32)7-8-21-27-22(29-33-21)24(28-18(2)31)11-5-3-4-6-12-24/h16-17H,3-15H2,1-2H3,(H,28,31)(H,25,26,32). The molecule has 0 aromatic carbocycles. The highest BCUT2D eigenvalue weighted by atomic mass is 32.1. The van der Waals surface area contributed by atoms with Gasteiger partial charge >= 0.3 is 0 Å². The number of hydrogen-bond acceptors (Lipinski definition) is 8. The molecule has 0 spiro atoms. The first-order valence-corrected chi connectivity index (χ1v) is 13.4. The van der Waals surface area contributed by atoms with E-state index < -0.39 is 5.54 Å². The first-order chi connectivity index (χ1) is 16.4. The Bertz CT molecular complexity index is 958. The molecule has 1 saturated carbocycles. The lowest BCUT2D eigenvalue weighted by atomic mass is 9.89. The summed E-state index contributed by atoms with van der Waals surface area (Å²) in [5, 5.41) is 12.8. The maximum atomic E-state index is 12.5. The number of amides is 2. The van der Waals surface area contributed by atoms with Crippen LogP contribution < -0.4 is 10.6 Å². The van der Waals surface area contributed by atoms with Gasteiger partial charge in [0.25, 0.3) is 0 Å². The summed E-state index contributed by atoms with van der Waals surface area (Å²) in [6.45, 7) is 6.88. The van der Waals surface area contributed by atoms with Gasteiger partial charge in [-0.15, -0.1) is 11.3 Å². The molecule has 2 aliphatic rings. The summed E-state index contributed by atoms with van der Waals surface area (Å²) in [7, 11) is 0. The van der Waals surface area contributed by atoms with E-state index in [-0.39, 0.29) is 18.2 Å². The predicted octanol–water partition coefficient (Wildman–Crippen LogP) is 4.01. The van der Waals surface area contributed by atoms with E-state index in [0.29, 0.717) is 23.3 Å². The molecule has 3 heterocycles. The van der Waals surface area contributed by atoms with Crippen LogP contribution in [0.2, 0.25) is 0 Å². The van der Waals surface area contributed by atoms with Gasteiger partial charge in [-0.3, -0.25) is 14.5 Å². The summed E-state index contributed by atoms with van der Waals surface area (Å²) in [5.41, 5.74) is 0.429. The van der Waals surface area contributed by atoms with Crippen molar-refractivity contribution in [1.29, 1.82) is 0 Å². The number of nitrogens with one attached hydrogen (secondary N) is 2. The van der Waals surface area contributed by atoms with Crippen molar-refractivity contribution in [1.82, 2.24) is 25.3 Å². The largest absolute Gasteiger partial charge is 0.343 e. The van der Waals surface area contributed by atoms with Crippen LogP contribution in [-0.4, -0.2) is 44.9 Å². The zero-order valence-electron chi connectivity index (χ0n) is 20.3. The van der Waals surface area contributed by atoms with E-state index in [9.17, 15) is 9.59 Å². The summed E-state index contributed by atoms with van der Waals surface area (Å²) in [6, 6.07) is 0. The fraction of sp³-hybridized carbons (Fsp3) is 0.708. The molecule has 1 aliphatic heterocycles. The van der Waals surface area contributed by atoms with Crippen molar-refractivity contribution >= 4 is 28.3 Å². The van der Waals surface area contributed by atoms with E-state index in [4.69, 9.17) is 4.52 Å². The third-order valence-electron chi connectivity index (χ3n) is 6.89. The Kier molecular flexibility index (Phi) is 8.31. The number of anilines is 1. The molecular formula is C24H36N6O3S. The van der Waals surface area contributed by atoms with Crippen molar-refractivity contribution < 1.29 is 14.1 Å². The van der Waals surface area contributed by atoms with Crippen LogP contribution >= 0.6 is 11.3 Å². The summed E-state index contributed by atoms with van der Waals surface area (Å²) >= 11 is 1.46. The molecule has 10 heteroatoms. The number of likely N-dealkylation sites (tertiary alicyclic amines) is 1. The smallest absolute Gasteiger partial charge is 0.227 e. The Labute approximate surface area is 205 Å². The molecule has 2 aromatic heterocycles. The fourth-order valence-corrected chi connectivity index (χ4v) is 5.63. The molecular weight excluding hydrogens is 452 g/mol. The highest BCUT2D eigenvalue weighted by Crippen LogP contribution is 2.34. The Balaban J connectivity index is 1.28. The number of nitrogens with zero attached hydrogens (tertiary/aromatic N) is 4. The third kappa shape index (κ3) is 6.63. The van der Waals surface area contributed by atoms with Crippen molar-refractivity contribution in [2.45, 2.75) is 90.1 Å². The van der Waals surface area contributed by atoms with Gasteiger partial charge in [-0.05, 0) is 44.7 Å². The molecule has 2 aromatic rings. The van der Waals surface area contributed by atoms with E-state index in [1.54, 1.807) is 0 Å². The molecule has 4 rings (SSSR count). The quantitative estimate of drug-likeness (QED) is 0.540. The number of carbonyl (C=O) groups excluding carboxylic acids is 2. The minimum absolute atomic E-state index is 0.0923. The normalized spacial score (nSPS) is 19.5. The number of carbonyl (C=O) groups is 2. The summed E-state index contributed by atoms with van der Waals surface area (Å²) in [5.74, 6) is 1.53. The van der Waals surface area contributed by atoms with Crippen molar-refractivity contribution in [2.75, 3.05) is 18.4 Å². The summed E-state index contributed by atoms with van der Waals surface area (Å²) in [6.07, 6.45) is 8.95. The SMILES string of the molecule is CC(=O)NC1(c2noc(CCC(=O)Nc3nc(CN4CCC(C)CC4)cs3)n2)CCCCCC1. The summed E-state index contributed by atoms with van der Waals surface area (Å²) < 4.78 is 5.45. The van der Waals surface area contributed by atoms with E-state index in [0.717, 1.165) is 69.8 Å². The lowest BCUT2D eigenvalue weighted by Crippen LogP contribution is -2.45. The van der Waals surface area contributed by atoms with Gasteiger partial charge in [0.05, 0.1) is 5.69 Å². The van der Waals surface area contributed by atoms with Crippen molar-refractivity contribution in [3.05, 3.63) is 22.8 Å². The molecule has 0 atom stereocenters. The number of hydrogen-bond donors (Lipinski definition) is 2. The molecule has 2 amide bonds. The Morgan fingerprint density at radius 1 is 1.18 bits per heavy atom. The second-order valence-electron chi connectivity index (χ2n) is 9.84. The summed E-state index contributed by atoms with van der Waals surface area (Å²) in [4.78, 5) is 35.9. The maximum absolute atomic E-state index is 12.5. The van der Waals surface area contributed by atoms with Crippen LogP contribution in [0.25, 0.3) is 0 Å². The van der Waals surface area contributed by atoms with Gasteiger partial charge in [0.15, 0.2) is 11.0 Å². The van der Waals surface area contributed by atoms with Gasteiger partial charge in [0.1, 0.15) is 5.54 Å². The number of aryl methyl sites for hydroxylation is 1. The van der Waals surface area contributed by atoms with Gasteiger partial charge in [-0.1, -0.05) is 37.8 Å². The molecule has 1 saturated heterocycles. The fourth-order valence-electron chi connectivity index (χ4n) is 4.91. The molecule has 0 unspecified atom stereocenters.